The van der Waals surface area contributed by atoms with E-state index in [-0.39, 0.29) is 5.75 Å². The minimum absolute atomic E-state index is 0.119. The van der Waals surface area contributed by atoms with Crippen LogP contribution in [-0.4, -0.2) is 20.1 Å². The minimum atomic E-state index is 0.119. The van der Waals surface area contributed by atoms with E-state index < -0.39 is 0 Å². The molecule has 6 heteroatoms. The molecule has 0 aliphatic heterocycles. The van der Waals surface area contributed by atoms with E-state index in [0.717, 1.165) is 0 Å². The minimum Gasteiger partial charge on any atom is -0.507 e. The summed E-state index contributed by atoms with van der Waals surface area (Å²) in [7, 11) is 0. The smallest absolute Gasteiger partial charge is 0.167 e. The Bertz CT molecular complexity index is 868. The molecule has 4 nitrogen and oxygen atoms in total. The van der Waals surface area contributed by atoms with Crippen LogP contribution in [-0.2, 0) is 6.42 Å². The van der Waals surface area contributed by atoms with Crippen LogP contribution in [0.2, 0.25) is 10.0 Å². The molecule has 1 N–H and O–H groups in total. The number of hydrogen-bond acceptors (Lipinski definition) is 4. The van der Waals surface area contributed by atoms with Gasteiger partial charge in [0.2, 0.25) is 0 Å². The van der Waals surface area contributed by atoms with Gasteiger partial charge in [0.05, 0.1) is 10.6 Å². The van der Waals surface area contributed by atoms with Gasteiger partial charge in [-0.05, 0) is 30.3 Å². The molecule has 3 aromatic rings. The SMILES string of the molecule is CCc1nc(-c2ccccc2O)nc(-c2ccc(Cl)cc2Cl)n1. The van der Waals surface area contributed by atoms with Gasteiger partial charge < -0.3 is 5.11 Å². The Balaban J connectivity index is 2.19. The molecule has 0 spiro atoms. The average molecular weight is 346 g/mol. The van der Waals surface area contributed by atoms with E-state index in [1.54, 1.807) is 36.4 Å². The van der Waals surface area contributed by atoms with Gasteiger partial charge in [0.1, 0.15) is 11.6 Å². The molecule has 0 atom stereocenters. The molecule has 0 unspecified atom stereocenters. The summed E-state index contributed by atoms with van der Waals surface area (Å²) in [4.78, 5) is 13.3. The lowest BCUT2D eigenvalue weighted by Gasteiger charge is -2.09. The molecule has 2 aromatic carbocycles. The Kier molecular flexibility index (Phi) is 4.46. The normalized spacial score (nSPS) is 10.7. The maximum atomic E-state index is 10.0. The highest BCUT2D eigenvalue weighted by Gasteiger charge is 2.14. The Labute approximate surface area is 143 Å². The molecule has 0 saturated carbocycles. The van der Waals surface area contributed by atoms with Crippen molar-refractivity contribution in [3.8, 4) is 28.5 Å². The summed E-state index contributed by atoms with van der Waals surface area (Å²) in [5.74, 6) is 1.61. The molecule has 1 aromatic heterocycles. The summed E-state index contributed by atoms with van der Waals surface area (Å²) in [5.41, 5.74) is 1.22. The van der Waals surface area contributed by atoms with Crippen LogP contribution in [0.5, 0.6) is 5.75 Å². The van der Waals surface area contributed by atoms with Crippen molar-refractivity contribution in [2.24, 2.45) is 0 Å². The van der Waals surface area contributed by atoms with Crippen molar-refractivity contribution in [2.45, 2.75) is 13.3 Å². The van der Waals surface area contributed by atoms with Gasteiger partial charge >= 0.3 is 0 Å². The molecular weight excluding hydrogens is 333 g/mol. The fourth-order valence-electron chi connectivity index (χ4n) is 2.15. The molecule has 3 rings (SSSR count). The zero-order valence-electron chi connectivity index (χ0n) is 12.3. The van der Waals surface area contributed by atoms with Gasteiger partial charge in [0, 0.05) is 17.0 Å². The molecule has 0 amide bonds. The van der Waals surface area contributed by atoms with Crippen LogP contribution >= 0.6 is 23.2 Å². The van der Waals surface area contributed by atoms with Gasteiger partial charge in [-0.3, -0.25) is 0 Å². The largest absolute Gasteiger partial charge is 0.507 e. The van der Waals surface area contributed by atoms with Crippen molar-refractivity contribution >= 4 is 23.2 Å². The van der Waals surface area contributed by atoms with Crippen LogP contribution in [0.3, 0.4) is 0 Å². The van der Waals surface area contributed by atoms with Gasteiger partial charge in [-0.1, -0.05) is 42.3 Å². The molecule has 23 heavy (non-hydrogen) atoms. The highest BCUT2D eigenvalue weighted by molar-refractivity contribution is 6.36. The van der Waals surface area contributed by atoms with E-state index in [9.17, 15) is 5.11 Å². The number of benzene rings is 2. The molecule has 0 saturated heterocycles. The molecule has 116 valence electrons. The first-order valence-corrected chi connectivity index (χ1v) is 7.83. The summed E-state index contributed by atoms with van der Waals surface area (Å²) in [5, 5.41) is 11.0. The molecule has 0 aliphatic carbocycles. The van der Waals surface area contributed by atoms with Gasteiger partial charge in [-0.25, -0.2) is 15.0 Å². The van der Waals surface area contributed by atoms with Gasteiger partial charge in [-0.15, -0.1) is 0 Å². The number of aromatic nitrogens is 3. The number of para-hydroxylation sites is 1. The number of nitrogens with zero attached hydrogens (tertiary/aromatic N) is 3. The first kappa shape index (κ1) is 15.7. The first-order valence-electron chi connectivity index (χ1n) is 7.07. The molecule has 0 bridgehead atoms. The molecule has 0 radical (unpaired) electrons. The lowest BCUT2D eigenvalue weighted by atomic mass is 10.1. The van der Waals surface area contributed by atoms with Crippen molar-refractivity contribution in [3.63, 3.8) is 0 Å². The third-order valence-electron chi connectivity index (χ3n) is 3.31. The summed E-state index contributed by atoms with van der Waals surface area (Å²) >= 11 is 12.2. The second-order valence-electron chi connectivity index (χ2n) is 4.89. The number of phenolic OH excluding ortho intramolecular Hbond substituents is 1. The maximum absolute atomic E-state index is 10.0. The predicted octanol–water partition coefficient (Wildman–Crippen LogP) is 4.78. The Morgan fingerprint density at radius 2 is 1.61 bits per heavy atom. The number of aromatic hydroxyl groups is 1. The molecular formula is C17H13Cl2N3O. The second kappa shape index (κ2) is 6.52. The number of rotatable bonds is 3. The van der Waals surface area contributed by atoms with Crippen molar-refractivity contribution in [1.29, 1.82) is 0 Å². The molecule has 0 aliphatic rings. The highest BCUT2D eigenvalue weighted by atomic mass is 35.5. The highest BCUT2D eigenvalue weighted by Crippen LogP contribution is 2.31. The van der Waals surface area contributed by atoms with Crippen LogP contribution in [0, 0.1) is 0 Å². The first-order chi connectivity index (χ1) is 11.1. The average Bonchev–Trinajstić information content (AvgIpc) is 2.54. The Hall–Kier alpha value is -2.17. The standard InChI is InChI=1S/C17H13Cl2N3O/c1-2-15-20-16(11-8-7-10(18)9-13(11)19)22-17(21-15)12-5-3-4-6-14(12)23/h3-9,23H,2H2,1H3. The van der Waals surface area contributed by atoms with Crippen LogP contribution < -0.4 is 0 Å². The van der Waals surface area contributed by atoms with Gasteiger partial charge in [0.15, 0.2) is 11.6 Å². The zero-order valence-corrected chi connectivity index (χ0v) is 13.8. The summed E-state index contributed by atoms with van der Waals surface area (Å²) in [6.45, 7) is 1.96. The predicted molar refractivity (Wildman–Crippen MR) is 91.8 cm³/mol. The van der Waals surface area contributed by atoms with E-state index in [2.05, 4.69) is 15.0 Å². The Morgan fingerprint density at radius 3 is 2.26 bits per heavy atom. The zero-order chi connectivity index (χ0) is 16.4. The van der Waals surface area contributed by atoms with Crippen LogP contribution in [0.4, 0.5) is 0 Å². The lowest BCUT2D eigenvalue weighted by molar-refractivity contribution is 0.477. The molecule has 0 fully saturated rings. The monoisotopic (exact) mass is 345 g/mol. The van der Waals surface area contributed by atoms with E-state index in [0.29, 0.717) is 45.1 Å². The van der Waals surface area contributed by atoms with Crippen molar-refractivity contribution in [1.82, 2.24) is 15.0 Å². The van der Waals surface area contributed by atoms with E-state index in [1.807, 2.05) is 13.0 Å². The van der Waals surface area contributed by atoms with E-state index >= 15 is 0 Å². The number of hydrogen-bond donors (Lipinski definition) is 1. The van der Waals surface area contributed by atoms with Crippen molar-refractivity contribution in [3.05, 3.63) is 58.3 Å². The quantitative estimate of drug-likeness (QED) is 0.741. The lowest BCUT2D eigenvalue weighted by Crippen LogP contribution is -2.02. The third-order valence-corrected chi connectivity index (χ3v) is 3.86. The summed E-state index contributed by atoms with van der Waals surface area (Å²) < 4.78 is 0. The second-order valence-corrected chi connectivity index (χ2v) is 5.74. The van der Waals surface area contributed by atoms with Crippen LogP contribution in [0.15, 0.2) is 42.5 Å². The summed E-state index contributed by atoms with van der Waals surface area (Å²) in [6.07, 6.45) is 0.640. The number of halogens is 2. The fraction of sp³-hybridized carbons (Fsp3) is 0.118. The topological polar surface area (TPSA) is 58.9 Å². The number of phenols is 1. The van der Waals surface area contributed by atoms with Gasteiger partial charge in [0.25, 0.3) is 0 Å². The fourth-order valence-corrected chi connectivity index (χ4v) is 2.65. The van der Waals surface area contributed by atoms with Crippen molar-refractivity contribution in [2.75, 3.05) is 0 Å². The van der Waals surface area contributed by atoms with E-state index in [4.69, 9.17) is 23.2 Å². The maximum Gasteiger partial charge on any atom is 0.167 e. The molecule has 1 heterocycles. The van der Waals surface area contributed by atoms with Crippen LogP contribution in [0.25, 0.3) is 22.8 Å². The Morgan fingerprint density at radius 1 is 0.913 bits per heavy atom. The van der Waals surface area contributed by atoms with E-state index in [1.165, 1.54) is 0 Å². The van der Waals surface area contributed by atoms with Gasteiger partial charge in [-0.2, -0.15) is 0 Å². The van der Waals surface area contributed by atoms with Crippen molar-refractivity contribution < 1.29 is 5.11 Å². The van der Waals surface area contributed by atoms with Crippen LogP contribution in [0.1, 0.15) is 12.7 Å². The summed E-state index contributed by atoms with van der Waals surface area (Å²) in [6, 6.07) is 12.1. The third kappa shape index (κ3) is 3.28. The number of aryl methyl sites for hydroxylation is 1.